The maximum atomic E-state index is 14.9. The Hall–Kier alpha value is -3.82. The number of fused-ring (bicyclic) bond motifs is 1. The highest BCUT2D eigenvalue weighted by molar-refractivity contribution is 6.12. The molecule has 1 unspecified atom stereocenters. The molecule has 176 valence electrons. The number of nitrogens with one attached hydrogen (secondary N) is 1. The molecule has 34 heavy (non-hydrogen) atoms. The average molecular weight is 465 g/mol. The van der Waals surface area contributed by atoms with Crippen LogP contribution in [0.3, 0.4) is 0 Å². The highest BCUT2D eigenvalue weighted by Crippen LogP contribution is 2.31. The molecule has 11 nitrogen and oxygen atoms in total. The number of rotatable bonds is 5. The van der Waals surface area contributed by atoms with E-state index in [-0.39, 0.29) is 22.7 Å². The van der Waals surface area contributed by atoms with Crippen molar-refractivity contribution in [2.75, 3.05) is 55.3 Å². The summed E-state index contributed by atoms with van der Waals surface area (Å²) in [6.45, 7) is 5.98. The Labute approximate surface area is 194 Å². The third-order valence-corrected chi connectivity index (χ3v) is 6.33. The highest BCUT2D eigenvalue weighted by Gasteiger charge is 2.31. The number of ether oxygens (including phenoxy) is 1. The zero-order chi connectivity index (χ0) is 23.8. The van der Waals surface area contributed by atoms with Crippen molar-refractivity contribution in [1.82, 2.24) is 24.5 Å². The Morgan fingerprint density at radius 3 is 2.74 bits per heavy atom. The standard InChI is InChI=1S/C22H24FN9O2/c1-13(6-24)14-7-27-21-18(20(25)29-32(21)10-14)22(33)28-17-9-26-8-16(23)19(17)31-4-2-30(3-5-31)15-11-34-12-15/h7-10,13,15H,2-5,11-12H2,1H3,(H2,25,29)(H,28,33). The molecule has 3 N–H and O–H groups in total. The number of nitriles is 1. The van der Waals surface area contributed by atoms with Crippen molar-refractivity contribution in [3.63, 3.8) is 0 Å². The number of hydrogen-bond acceptors (Lipinski definition) is 9. The van der Waals surface area contributed by atoms with Crippen LogP contribution < -0.4 is 16.0 Å². The average Bonchev–Trinajstić information content (AvgIpc) is 3.13. The first kappa shape index (κ1) is 22.0. The van der Waals surface area contributed by atoms with E-state index < -0.39 is 17.6 Å². The van der Waals surface area contributed by atoms with Crippen LogP contribution in [0.5, 0.6) is 0 Å². The fraction of sp³-hybridized carbons (Fsp3) is 0.409. The zero-order valence-electron chi connectivity index (χ0n) is 18.6. The molecule has 12 heteroatoms. The molecule has 1 atom stereocenters. The quantitative estimate of drug-likeness (QED) is 0.570. The normalized spacial score (nSPS) is 17.9. The van der Waals surface area contributed by atoms with Crippen LogP contribution in [0, 0.1) is 17.1 Å². The van der Waals surface area contributed by atoms with Gasteiger partial charge >= 0.3 is 0 Å². The molecule has 3 aromatic heterocycles. The number of carbonyl (C=O) groups excluding carboxylic acids is 1. The van der Waals surface area contributed by atoms with Crippen molar-refractivity contribution in [1.29, 1.82) is 5.26 Å². The number of halogens is 1. The van der Waals surface area contributed by atoms with E-state index in [9.17, 15) is 9.18 Å². The van der Waals surface area contributed by atoms with Gasteiger partial charge < -0.3 is 20.7 Å². The molecule has 0 saturated carbocycles. The molecule has 2 fully saturated rings. The Bertz CT molecular complexity index is 1280. The van der Waals surface area contributed by atoms with Gasteiger partial charge in [-0.2, -0.15) is 5.26 Å². The second-order valence-corrected chi connectivity index (χ2v) is 8.45. The maximum Gasteiger partial charge on any atom is 0.263 e. The summed E-state index contributed by atoms with van der Waals surface area (Å²) < 4.78 is 21.5. The molecule has 0 radical (unpaired) electrons. The molecule has 0 aromatic carbocycles. The van der Waals surface area contributed by atoms with Crippen LogP contribution >= 0.6 is 0 Å². The first-order valence-corrected chi connectivity index (χ1v) is 11.0. The van der Waals surface area contributed by atoms with E-state index in [0.717, 1.165) is 32.5 Å². The van der Waals surface area contributed by atoms with Crippen molar-refractivity contribution >= 4 is 28.7 Å². The predicted octanol–water partition coefficient (Wildman–Crippen LogP) is 1.25. The minimum absolute atomic E-state index is 0.0194. The van der Waals surface area contributed by atoms with Gasteiger partial charge in [-0.15, -0.1) is 5.10 Å². The Balaban J connectivity index is 1.39. The minimum Gasteiger partial charge on any atom is -0.381 e. The van der Waals surface area contributed by atoms with Crippen molar-refractivity contribution < 1.29 is 13.9 Å². The minimum atomic E-state index is -0.569. The first-order valence-electron chi connectivity index (χ1n) is 11.0. The number of aromatic nitrogens is 4. The number of carbonyl (C=O) groups is 1. The summed E-state index contributed by atoms with van der Waals surface area (Å²) in [5.41, 5.74) is 7.53. The topological polar surface area (TPSA) is 138 Å². The van der Waals surface area contributed by atoms with Crippen LogP contribution in [-0.2, 0) is 4.74 Å². The van der Waals surface area contributed by atoms with Crippen LogP contribution in [0.1, 0.15) is 28.8 Å². The van der Waals surface area contributed by atoms with E-state index in [4.69, 9.17) is 15.7 Å². The van der Waals surface area contributed by atoms with E-state index in [1.54, 1.807) is 13.1 Å². The fourth-order valence-electron chi connectivity index (χ4n) is 4.25. The Kier molecular flexibility index (Phi) is 5.72. The van der Waals surface area contributed by atoms with Gasteiger partial charge in [-0.25, -0.2) is 13.9 Å². The van der Waals surface area contributed by atoms with E-state index in [1.165, 1.54) is 16.9 Å². The van der Waals surface area contributed by atoms with Crippen molar-refractivity contribution in [2.45, 2.75) is 18.9 Å². The van der Waals surface area contributed by atoms with Crippen molar-refractivity contribution in [2.24, 2.45) is 0 Å². The summed E-state index contributed by atoms with van der Waals surface area (Å²) in [5.74, 6) is -1.49. The molecule has 2 aliphatic heterocycles. The molecular formula is C22H24FN9O2. The maximum absolute atomic E-state index is 14.9. The number of amides is 1. The van der Waals surface area contributed by atoms with Crippen LogP contribution in [0.15, 0.2) is 24.8 Å². The molecule has 1 amide bonds. The second-order valence-electron chi connectivity index (χ2n) is 8.45. The number of nitrogen functional groups attached to an aromatic ring is 1. The van der Waals surface area contributed by atoms with Crippen LogP contribution in [0.25, 0.3) is 5.65 Å². The number of anilines is 3. The van der Waals surface area contributed by atoms with Crippen LogP contribution in [0.2, 0.25) is 0 Å². The number of piperazine rings is 1. The van der Waals surface area contributed by atoms with Crippen molar-refractivity contribution in [3.05, 3.63) is 41.7 Å². The van der Waals surface area contributed by atoms with Gasteiger partial charge in [0.15, 0.2) is 17.3 Å². The van der Waals surface area contributed by atoms with Gasteiger partial charge in [0.05, 0.1) is 49.3 Å². The van der Waals surface area contributed by atoms with Gasteiger partial charge in [-0.05, 0) is 6.92 Å². The summed E-state index contributed by atoms with van der Waals surface area (Å²) in [4.78, 5) is 25.7. The number of nitrogens with two attached hydrogens (primary N) is 1. The Morgan fingerprint density at radius 1 is 1.29 bits per heavy atom. The smallest absolute Gasteiger partial charge is 0.263 e. The molecule has 5 rings (SSSR count). The van der Waals surface area contributed by atoms with E-state index in [1.807, 2.05) is 4.90 Å². The molecule has 0 aliphatic carbocycles. The molecule has 2 saturated heterocycles. The van der Waals surface area contributed by atoms with Gasteiger partial charge in [0.25, 0.3) is 5.91 Å². The molecule has 0 bridgehead atoms. The lowest BCUT2D eigenvalue weighted by atomic mass is 10.1. The molecule has 5 heterocycles. The number of pyridine rings is 1. The van der Waals surface area contributed by atoms with Crippen LogP contribution in [0.4, 0.5) is 21.6 Å². The van der Waals surface area contributed by atoms with Gasteiger partial charge in [0, 0.05) is 44.1 Å². The lowest BCUT2D eigenvalue weighted by Crippen LogP contribution is -2.56. The molecule has 0 spiro atoms. The first-order chi connectivity index (χ1) is 16.5. The molecule has 2 aliphatic rings. The molecular weight excluding hydrogens is 441 g/mol. The van der Waals surface area contributed by atoms with Gasteiger partial charge in [-0.1, -0.05) is 0 Å². The van der Waals surface area contributed by atoms with Gasteiger partial charge in [0.2, 0.25) is 0 Å². The summed E-state index contributed by atoms with van der Waals surface area (Å²) in [5, 5.41) is 16.1. The summed E-state index contributed by atoms with van der Waals surface area (Å²) in [7, 11) is 0. The van der Waals surface area contributed by atoms with Crippen molar-refractivity contribution in [3.8, 4) is 6.07 Å². The summed E-state index contributed by atoms with van der Waals surface area (Å²) >= 11 is 0. The second kappa shape index (κ2) is 8.85. The van der Waals surface area contributed by atoms with E-state index in [0.29, 0.717) is 30.4 Å². The monoisotopic (exact) mass is 465 g/mol. The third-order valence-electron chi connectivity index (χ3n) is 6.33. The summed E-state index contributed by atoms with van der Waals surface area (Å²) in [6.07, 6.45) is 5.69. The largest absolute Gasteiger partial charge is 0.381 e. The third kappa shape index (κ3) is 3.89. The number of nitrogens with zero attached hydrogens (tertiary/aromatic N) is 7. The lowest BCUT2D eigenvalue weighted by Gasteiger charge is -2.43. The van der Waals surface area contributed by atoms with E-state index in [2.05, 4.69) is 31.4 Å². The number of hydrogen-bond donors (Lipinski definition) is 2. The van der Waals surface area contributed by atoms with Crippen LogP contribution in [-0.4, -0.2) is 75.8 Å². The van der Waals surface area contributed by atoms with E-state index >= 15 is 0 Å². The molecule has 3 aromatic rings. The SMILES string of the molecule is CC(C#N)c1cnc2c(C(=O)Nc3cncc(F)c3N3CCN(C4COC4)CC3)c(N)nn2c1. The predicted molar refractivity (Wildman–Crippen MR) is 122 cm³/mol. The fourth-order valence-corrected chi connectivity index (χ4v) is 4.25. The summed E-state index contributed by atoms with van der Waals surface area (Å²) in [6, 6.07) is 2.56. The van der Waals surface area contributed by atoms with Gasteiger partial charge in [0.1, 0.15) is 11.3 Å². The van der Waals surface area contributed by atoms with Gasteiger partial charge in [-0.3, -0.25) is 14.7 Å². The zero-order valence-corrected chi connectivity index (χ0v) is 18.6. The highest BCUT2D eigenvalue weighted by atomic mass is 19.1. The lowest BCUT2D eigenvalue weighted by molar-refractivity contribution is -0.0660. The Morgan fingerprint density at radius 2 is 2.06 bits per heavy atom.